The van der Waals surface area contributed by atoms with Crippen molar-refractivity contribution in [1.82, 2.24) is 0 Å². The number of hydrogen-bond donors (Lipinski definition) is 2. The molecule has 0 amide bonds. The Labute approximate surface area is 131 Å². The first-order valence-corrected chi connectivity index (χ1v) is 8.26. The lowest BCUT2D eigenvalue weighted by molar-refractivity contribution is -0.273. The molecule has 0 aromatic rings. The topological polar surface area (TPSA) is 85.2 Å². The van der Waals surface area contributed by atoms with Crippen molar-refractivity contribution in [2.24, 2.45) is 11.8 Å². The van der Waals surface area contributed by atoms with Crippen LogP contribution in [0, 0.1) is 11.8 Å². The van der Waals surface area contributed by atoms with Gasteiger partial charge in [0.25, 0.3) is 0 Å². The number of aliphatic hydroxyl groups excluding tert-OH is 2. The lowest BCUT2D eigenvalue weighted by Gasteiger charge is -2.36. The van der Waals surface area contributed by atoms with Crippen LogP contribution in [0.1, 0.15) is 46.5 Å². The second-order valence-corrected chi connectivity index (χ2v) is 6.46. The van der Waals surface area contributed by atoms with Crippen LogP contribution in [0.5, 0.6) is 0 Å². The molecule has 0 radical (unpaired) electrons. The van der Waals surface area contributed by atoms with E-state index in [9.17, 15) is 15.0 Å². The predicted molar refractivity (Wildman–Crippen MR) is 79.0 cm³/mol. The molecule has 2 N–H and O–H groups in total. The molecule has 2 aliphatic rings. The summed E-state index contributed by atoms with van der Waals surface area (Å²) in [5, 5.41) is 19.5. The zero-order chi connectivity index (χ0) is 16.3. The summed E-state index contributed by atoms with van der Waals surface area (Å²) < 4.78 is 16.3. The van der Waals surface area contributed by atoms with Crippen molar-refractivity contribution in [2.45, 2.75) is 77.2 Å². The monoisotopic (exact) mass is 316 g/mol. The van der Waals surface area contributed by atoms with Gasteiger partial charge in [-0.1, -0.05) is 0 Å². The van der Waals surface area contributed by atoms with Crippen molar-refractivity contribution in [2.75, 3.05) is 6.61 Å². The predicted octanol–water partition coefficient (Wildman–Crippen LogP) is 1.23. The first-order chi connectivity index (χ1) is 10.4. The molecule has 6 nitrogen and oxygen atoms in total. The van der Waals surface area contributed by atoms with Crippen molar-refractivity contribution in [1.29, 1.82) is 0 Å². The van der Waals surface area contributed by atoms with Gasteiger partial charge >= 0.3 is 5.97 Å². The Morgan fingerprint density at radius 2 is 2.05 bits per heavy atom. The van der Waals surface area contributed by atoms with Crippen LogP contribution < -0.4 is 0 Å². The van der Waals surface area contributed by atoms with Gasteiger partial charge in [0.05, 0.1) is 30.8 Å². The summed E-state index contributed by atoms with van der Waals surface area (Å²) in [5.74, 6) is 0.358. The Balaban J connectivity index is 1.66. The van der Waals surface area contributed by atoms with Gasteiger partial charge in [-0.05, 0) is 46.0 Å². The number of hydrogen-bond acceptors (Lipinski definition) is 6. The van der Waals surface area contributed by atoms with E-state index in [-0.39, 0.29) is 30.5 Å². The molecule has 1 saturated carbocycles. The maximum Gasteiger partial charge on any atom is 0.309 e. The SMILES string of the molecule is CCOC(=O)[C@H]1CC1CC[C@@H](C)O[C@@H]1O[C@@H](C)[C@H](O)C[C@H]1O. The van der Waals surface area contributed by atoms with Crippen LogP contribution in [0.2, 0.25) is 0 Å². The molecule has 1 aliphatic carbocycles. The second kappa shape index (κ2) is 7.73. The van der Waals surface area contributed by atoms with Crippen molar-refractivity contribution < 1.29 is 29.2 Å². The van der Waals surface area contributed by atoms with Gasteiger partial charge in [0, 0.05) is 6.42 Å². The molecule has 22 heavy (non-hydrogen) atoms. The van der Waals surface area contributed by atoms with Crippen LogP contribution in [0.15, 0.2) is 0 Å². The minimum atomic E-state index is -0.804. The minimum Gasteiger partial charge on any atom is -0.466 e. The molecule has 0 aromatic heterocycles. The Morgan fingerprint density at radius 1 is 1.32 bits per heavy atom. The fraction of sp³-hybridized carbons (Fsp3) is 0.938. The Bertz CT molecular complexity index is 374. The molecule has 0 spiro atoms. The molecular weight excluding hydrogens is 288 g/mol. The fourth-order valence-electron chi connectivity index (χ4n) is 2.92. The van der Waals surface area contributed by atoms with E-state index in [1.165, 1.54) is 0 Å². The summed E-state index contributed by atoms with van der Waals surface area (Å²) in [6.07, 6.45) is 0.346. The number of carbonyl (C=O) groups excluding carboxylic acids is 1. The van der Waals surface area contributed by atoms with E-state index in [0.717, 1.165) is 19.3 Å². The van der Waals surface area contributed by atoms with Crippen LogP contribution in [-0.2, 0) is 19.0 Å². The number of ether oxygens (including phenoxy) is 3. The third-order valence-electron chi connectivity index (χ3n) is 4.51. The number of carbonyl (C=O) groups is 1. The Morgan fingerprint density at radius 3 is 2.73 bits per heavy atom. The number of esters is 1. The van der Waals surface area contributed by atoms with Crippen LogP contribution in [-0.4, -0.2) is 53.5 Å². The molecule has 2 fully saturated rings. The van der Waals surface area contributed by atoms with Crippen LogP contribution >= 0.6 is 0 Å². The maximum absolute atomic E-state index is 11.6. The highest BCUT2D eigenvalue weighted by molar-refractivity contribution is 5.75. The lowest BCUT2D eigenvalue weighted by Crippen LogP contribution is -2.48. The summed E-state index contributed by atoms with van der Waals surface area (Å²) >= 11 is 0. The first kappa shape index (κ1) is 17.7. The molecule has 1 saturated heterocycles. The summed E-state index contributed by atoms with van der Waals surface area (Å²) in [4.78, 5) is 11.6. The van der Waals surface area contributed by atoms with Crippen molar-refractivity contribution in [3.05, 3.63) is 0 Å². The van der Waals surface area contributed by atoms with Gasteiger partial charge in [0.1, 0.15) is 6.10 Å². The molecule has 1 unspecified atom stereocenters. The quantitative estimate of drug-likeness (QED) is 0.687. The fourth-order valence-corrected chi connectivity index (χ4v) is 2.92. The third kappa shape index (κ3) is 4.65. The molecule has 1 aliphatic heterocycles. The van der Waals surface area contributed by atoms with E-state index in [4.69, 9.17) is 14.2 Å². The van der Waals surface area contributed by atoms with E-state index in [1.807, 2.05) is 13.8 Å². The van der Waals surface area contributed by atoms with Gasteiger partial charge < -0.3 is 24.4 Å². The molecular formula is C16H28O6. The Hall–Kier alpha value is -0.690. The second-order valence-electron chi connectivity index (χ2n) is 6.46. The first-order valence-electron chi connectivity index (χ1n) is 8.26. The molecule has 1 heterocycles. The van der Waals surface area contributed by atoms with Crippen LogP contribution in [0.25, 0.3) is 0 Å². The minimum absolute atomic E-state index is 0.0545. The molecule has 128 valence electrons. The highest BCUT2D eigenvalue weighted by atomic mass is 16.7. The zero-order valence-corrected chi connectivity index (χ0v) is 13.6. The average molecular weight is 316 g/mol. The van der Waals surface area contributed by atoms with E-state index < -0.39 is 18.5 Å². The molecule has 2 rings (SSSR count). The lowest BCUT2D eigenvalue weighted by atomic mass is 10.0. The van der Waals surface area contributed by atoms with Gasteiger partial charge in [-0.15, -0.1) is 0 Å². The normalized spacial score (nSPS) is 39.3. The van der Waals surface area contributed by atoms with Gasteiger partial charge in [-0.2, -0.15) is 0 Å². The van der Waals surface area contributed by atoms with Crippen molar-refractivity contribution in [3.8, 4) is 0 Å². The summed E-state index contributed by atoms with van der Waals surface area (Å²) in [6, 6.07) is 0. The smallest absolute Gasteiger partial charge is 0.309 e. The van der Waals surface area contributed by atoms with E-state index in [2.05, 4.69) is 0 Å². The van der Waals surface area contributed by atoms with Crippen molar-refractivity contribution in [3.63, 3.8) is 0 Å². The Kier molecular flexibility index (Phi) is 6.20. The van der Waals surface area contributed by atoms with E-state index in [0.29, 0.717) is 12.5 Å². The number of aliphatic hydroxyl groups is 2. The van der Waals surface area contributed by atoms with Crippen molar-refractivity contribution >= 4 is 5.97 Å². The largest absolute Gasteiger partial charge is 0.466 e. The standard InChI is InChI=1S/C16H28O6/c1-4-20-15(19)12-7-11(12)6-5-9(2)21-16-14(18)8-13(17)10(3)22-16/h9-14,16-18H,4-8H2,1-3H3/t9-,10+,11?,12+,13-,14-,16-/m1/s1. The summed E-state index contributed by atoms with van der Waals surface area (Å²) in [7, 11) is 0. The van der Waals surface area contributed by atoms with E-state index >= 15 is 0 Å². The van der Waals surface area contributed by atoms with E-state index in [1.54, 1.807) is 6.92 Å². The van der Waals surface area contributed by atoms with Crippen LogP contribution in [0.3, 0.4) is 0 Å². The van der Waals surface area contributed by atoms with Gasteiger partial charge in [0.2, 0.25) is 0 Å². The van der Waals surface area contributed by atoms with Gasteiger partial charge in [-0.25, -0.2) is 0 Å². The molecule has 7 atom stereocenters. The zero-order valence-electron chi connectivity index (χ0n) is 13.6. The van der Waals surface area contributed by atoms with Crippen LogP contribution in [0.4, 0.5) is 0 Å². The van der Waals surface area contributed by atoms with Gasteiger partial charge in [-0.3, -0.25) is 4.79 Å². The average Bonchev–Trinajstić information content (AvgIpc) is 3.22. The molecule has 0 bridgehead atoms. The maximum atomic E-state index is 11.6. The summed E-state index contributed by atoms with van der Waals surface area (Å²) in [5.41, 5.74) is 0. The third-order valence-corrected chi connectivity index (χ3v) is 4.51. The van der Waals surface area contributed by atoms with Gasteiger partial charge in [0.15, 0.2) is 6.29 Å². The molecule has 0 aromatic carbocycles. The molecule has 6 heteroatoms. The highest BCUT2D eigenvalue weighted by Crippen LogP contribution is 2.43. The number of rotatable bonds is 7. The summed E-state index contributed by atoms with van der Waals surface area (Å²) in [6.45, 7) is 5.96. The highest BCUT2D eigenvalue weighted by Gasteiger charge is 2.44.